The third-order valence-corrected chi connectivity index (χ3v) is 4.21. The average molecular weight is 336 g/mol. The molecule has 24 heavy (non-hydrogen) atoms. The first-order chi connectivity index (χ1) is 11.5. The van der Waals surface area contributed by atoms with Crippen LogP contribution in [-0.4, -0.2) is 64.9 Å². The van der Waals surface area contributed by atoms with Crippen LogP contribution in [-0.2, 0) is 9.53 Å². The standard InChI is InChI=1S/C13H16N6O5/c14-10-6-11(16-4-19(10)23)18(3-15-6)13-8(21)7(20)9(24-13)12(22)17-5-1-2-5/h3-5,7-9,13-14,20-21,23H,1-2H2,(H,17,22)/t7-,8+,9-,13+/m0/s1. The van der Waals surface area contributed by atoms with Gasteiger partial charge in [0.1, 0.15) is 18.5 Å². The molecule has 1 amide bonds. The zero-order chi connectivity index (χ0) is 17.0. The molecule has 0 unspecified atom stereocenters. The number of nitrogens with zero attached hydrogens (tertiary/aromatic N) is 4. The molecule has 4 rings (SSSR count). The molecule has 1 aliphatic carbocycles. The number of imidazole rings is 1. The summed E-state index contributed by atoms with van der Waals surface area (Å²) < 4.78 is 7.37. The van der Waals surface area contributed by atoms with Gasteiger partial charge in [-0.3, -0.25) is 14.8 Å². The summed E-state index contributed by atoms with van der Waals surface area (Å²) in [5, 5.41) is 40.3. The Bertz CT molecular complexity index is 858. The van der Waals surface area contributed by atoms with E-state index in [4.69, 9.17) is 10.1 Å². The Morgan fingerprint density at radius 1 is 1.29 bits per heavy atom. The van der Waals surface area contributed by atoms with Crippen molar-refractivity contribution in [3.05, 3.63) is 18.1 Å². The van der Waals surface area contributed by atoms with Crippen molar-refractivity contribution in [2.24, 2.45) is 0 Å². The fourth-order valence-corrected chi connectivity index (χ4v) is 2.73. The fraction of sp³-hybridized carbons (Fsp3) is 0.538. The second-order valence-corrected chi connectivity index (χ2v) is 5.97. The van der Waals surface area contributed by atoms with E-state index < -0.39 is 30.4 Å². The van der Waals surface area contributed by atoms with Gasteiger partial charge in [0.2, 0.25) is 0 Å². The van der Waals surface area contributed by atoms with Gasteiger partial charge in [0.25, 0.3) is 5.91 Å². The molecular formula is C13H16N6O5. The molecule has 2 aromatic heterocycles. The lowest BCUT2D eigenvalue weighted by Gasteiger charge is -2.16. The van der Waals surface area contributed by atoms with E-state index in [0.717, 1.165) is 19.2 Å². The SMILES string of the molecule is N=c1c2ncn([C@@H]3O[C@H](C(=O)NC4CC4)[C@@H](O)[C@H]3O)c2ncn1O. The number of amides is 1. The third kappa shape index (κ3) is 2.25. The molecule has 128 valence electrons. The maximum Gasteiger partial charge on any atom is 0.252 e. The number of nitrogens with one attached hydrogen (secondary N) is 2. The van der Waals surface area contributed by atoms with Crippen LogP contribution >= 0.6 is 0 Å². The van der Waals surface area contributed by atoms with Crippen molar-refractivity contribution in [1.82, 2.24) is 24.6 Å². The fourth-order valence-electron chi connectivity index (χ4n) is 2.73. The van der Waals surface area contributed by atoms with Gasteiger partial charge in [-0.15, -0.1) is 0 Å². The monoisotopic (exact) mass is 336 g/mol. The number of fused-ring (bicyclic) bond motifs is 1. The van der Waals surface area contributed by atoms with Crippen LogP contribution in [0.5, 0.6) is 0 Å². The third-order valence-electron chi connectivity index (χ3n) is 4.21. The molecule has 1 saturated carbocycles. The minimum atomic E-state index is -1.40. The van der Waals surface area contributed by atoms with Gasteiger partial charge in [0, 0.05) is 6.04 Å². The number of carbonyl (C=O) groups is 1. The maximum absolute atomic E-state index is 12.1. The van der Waals surface area contributed by atoms with Crippen LogP contribution in [0.1, 0.15) is 19.1 Å². The van der Waals surface area contributed by atoms with Crippen LogP contribution in [0.3, 0.4) is 0 Å². The van der Waals surface area contributed by atoms with Crippen LogP contribution < -0.4 is 10.8 Å². The zero-order valence-electron chi connectivity index (χ0n) is 12.4. The Morgan fingerprint density at radius 3 is 2.75 bits per heavy atom. The normalized spacial score (nSPS) is 29.9. The lowest BCUT2D eigenvalue weighted by molar-refractivity contribution is -0.137. The molecule has 4 atom stereocenters. The largest absolute Gasteiger partial charge is 0.425 e. The highest BCUT2D eigenvalue weighted by Crippen LogP contribution is 2.31. The van der Waals surface area contributed by atoms with E-state index in [9.17, 15) is 20.2 Å². The van der Waals surface area contributed by atoms with Crippen LogP contribution in [0, 0.1) is 5.41 Å². The van der Waals surface area contributed by atoms with Crippen molar-refractivity contribution in [1.29, 1.82) is 5.41 Å². The molecule has 2 aliphatic rings. The predicted octanol–water partition coefficient (Wildman–Crippen LogP) is -2.15. The van der Waals surface area contributed by atoms with E-state index in [1.807, 2.05) is 0 Å². The van der Waals surface area contributed by atoms with E-state index in [0.29, 0.717) is 4.73 Å². The van der Waals surface area contributed by atoms with Gasteiger partial charge in [-0.05, 0) is 12.8 Å². The van der Waals surface area contributed by atoms with Gasteiger partial charge in [0.05, 0.1) is 6.33 Å². The molecule has 11 heteroatoms. The van der Waals surface area contributed by atoms with Crippen molar-refractivity contribution in [3.8, 4) is 0 Å². The highest BCUT2D eigenvalue weighted by molar-refractivity contribution is 5.82. The number of aliphatic hydroxyl groups excluding tert-OH is 2. The Labute approximate surface area is 134 Å². The van der Waals surface area contributed by atoms with Crippen LogP contribution in [0.25, 0.3) is 11.2 Å². The topological polar surface area (TPSA) is 159 Å². The van der Waals surface area contributed by atoms with E-state index >= 15 is 0 Å². The first kappa shape index (κ1) is 15.1. The molecule has 2 fully saturated rings. The summed E-state index contributed by atoms with van der Waals surface area (Å²) in [6, 6.07) is 0.103. The van der Waals surface area contributed by atoms with Crippen LogP contribution in [0.15, 0.2) is 12.7 Å². The van der Waals surface area contributed by atoms with E-state index in [-0.39, 0.29) is 22.7 Å². The number of hydrogen-bond acceptors (Lipinski definition) is 8. The molecule has 0 aromatic carbocycles. The molecule has 3 heterocycles. The van der Waals surface area contributed by atoms with E-state index in [1.54, 1.807) is 0 Å². The molecule has 0 radical (unpaired) electrons. The maximum atomic E-state index is 12.1. The predicted molar refractivity (Wildman–Crippen MR) is 75.6 cm³/mol. The zero-order valence-corrected chi connectivity index (χ0v) is 12.4. The summed E-state index contributed by atoms with van der Waals surface area (Å²) in [6.45, 7) is 0. The van der Waals surface area contributed by atoms with Crippen molar-refractivity contribution in [3.63, 3.8) is 0 Å². The van der Waals surface area contributed by atoms with Crippen molar-refractivity contribution < 1.29 is 25.0 Å². The highest BCUT2D eigenvalue weighted by Gasteiger charge is 2.48. The summed E-state index contributed by atoms with van der Waals surface area (Å²) >= 11 is 0. The van der Waals surface area contributed by atoms with Gasteiger partial charge < -0.3 is 25.5 Å². The van der Waals surface area contributed by atoms with Gasteiger partial charge in [-0.1, -0.05) is 0 Å². The van der Waals surface area contributed by atoms with Crippen LogP contribution in [0.4, 0.5) is 0 Å². The van der Waals surface area contributed by atoms with Gasteiger partial charge in [-0.25, -0.2) is 9.97 Å². The highest BCUT2D eigenvalue weighted by atomic mass is 16.6. The summed E-state index contributed by atoms with van der Waals surface area (Å²) in [5.74, 6) is -0.474. The molecule has 5 N–H and O–H groups in total. The minimum absolute atomic E-state index is 0.0937. The molecule has 0 bridgehead atoms. The number of aromatic nitrogens is 4. The Hall–Kier alpha value is -2.50. The number of ether oxygens (including phenoxy) is 1. The van der Waals surface area contributed by atoms with Crippen molar-refractivity contribution in [2.45, 2.75) is 43.4 Å². The van der Waals surface area contributed by atoms with E-state index in [2.05, 4.69) is 15.3 Å². The molecule has 2 aromatic rings. The second-order valence-electron chi connectivity index (χ2n) is 5.97. The smallest absolute Gasteiger partial charge is 0.252 e. The summed E-state index contributed by atoms with van der Waals surface area (Å²) in [4.78, 5) is 20.0. The quantitative estimate of drug-likeness (QED) is 0.399. The lowest BCUT2D eigenvalue weighted by atomic mass is 10.1. The Kier molecular flexibility index (Phi) is 3.30. The number of carbonyl (C=O) groups excluding carboxylic acids is 1. The summed E-state index contributed by atoms with van der Waals surface area (Å²) in [5.41, 5.74) is -0.00390. The summed E-state index contributed by atoms with van der Waals surface area (Å²) in [6.07, 6.45) is -0.974. The van der Waals surface area contributed by atoms with E-state index in [1.165, 1.54) is 10.9 Å². The number of hydrogen-bond donors (Lipinski definition) is 5. The second kappa shape index (κ2) is 5.26. The lowest BCUT2D eigenvalue weighted by Crippen LogP contribution is -2.43. The van der Waals surface area contributed by atoms with Crippen LogP contribution in [0.2, 0.25) is 0 Å². The summed E-state index contributed by atoms with van der Waals surface area (Å²) in [7, 11) is 0. The average Bonchev–Trinajstić information content (AvgIpc) is 3.19. The van der Waals surface area contributed by atoms with Gasteiger partial charge in [0.15, 0.2) is 29.0 Å². The van der Waals surface area contributed by atoms with Crippen molar-refractivity contribution >= 4 is 17.1 Å². The molecule has 0 spiro atoms. The minimum Gasteiger partial charge on any atom is -0.425 e. The molecule has 1 saturated heterocycles. The number of aliphatic hydroxyl groups is 2. The molecule has 1 aliphatic heterocycles. The Balaban J connectivity index is 1.65. The van der Waals surface area contributed by atoms with Crippen molar-refractivity contribution in [2.75, 3.05) is 0 Å². The van der Waals surface area contributed by atoms with Gasteiger partial charge in [-0.2, -0.15) is 4.73 Å². The molecular weight excluding hydrogens is 320 g/mol. The molecule has 11 nitrogen and oxygen atoms in total. The first-order valence-electron chi connectivity index (χ1n) is 7.47. The Morgan fingerprint density at radius 2 is 2.04 bits per heavy atom. The number of rotatable bonds is 3. The van der Waals surface area contributed by atoms with Gasteiger partial charge >= 0.3 is 0 Å². The first-order valence-corrected chi connectivity index (χ1v) is 7.47.